The Bertz CT molecular complexity index is 776. The van der Waals surface area contributed by atoms with Crippen molar-refractivity contribution in [1.82, 2.24) is 0 Å². The number of aliphatic imine (C=N–C) groups is 1. The summed E-state index contributed by atoms with van der Waals surface area (Å²) < 4.78 is 19.4. The quantitative estimate of drug-likeness (QED) is 0.809. The SMILES string of the molecule is CN1C(=O)CN=C(Oc2ccccc2F)c2cc(Cl)ccc21. The van der Waals surface area contributed by atoms with E-state index in [9.17, 15) is 9.18 Å². The van der Waals surface area contributed by atoms with E-state index in [1.807, 2.05) is 0 Å². The summed E-state index contributed by atoms with van der Waals surface area (Å²) in [5.74, 6) is -0.474. The second kappa shape index (κ2) is 5.77. The van der Waals surface area contributed by atoms with Crippen LogP contribution in [-0.4, -0.2) is 25.4 Å². The average molecular weight is 319 g/mol. The number of benzene rings is 2. The van der Waals surface area contributed by atoms with Crippen LogP contribution in [0.25, 0.3) is 0 Å². The van der Waals surface area contributed by atoms with Gasteiger partial charge in [-0.25, -0.2) is 9.38 Å². The zero-order chi connectivity index (χ0) is 15.7. The summed E-state index contributed by atoms with van der Waals surface area (Å²) >= 11 is 6.03. The van der Waals surface area contributed by atoms with Crippen molar-refractivity contribution in [1.29, 1.82) is 0 Å². The third kappa shape index (κ3) is 2.67. The van der Waals surface area contributed by atoms with Crippen LogP contribution in [0.15, 0.2) is 47.5 Å². The first-order chi connectivity index (χ1) is 10.6. The van der Waals surface area contributed by atoms with E-state index in [4.69, 9.17) is 16.3 Å². The summed E-state index contributed by atoms with van der Waals surface area (Å²) in [6.07, 6.45) is 0. The minimum atomic E-state index is -0.502. The minimum absolute atomic E-state index is 0.0455. The summed E-state index contributed by atoms with van der Waals surface area (Å²) in [6, 6.07) is 11.1. The molecular weight excluding hydrogens is 307 g/mol. The van der Waals surface area contributed by atoms with Gasteiger partial charge in [-0.1, -0.05) is 23.7 Å². The average Bonchev–Trinajstić information content (AvgIpc) is 2.62. The van der Waals surface area contributed by atoms with Crippen LogP contribution in [0.5, 0.6) is 5.75 Å². The number of anilines is 1. The molecule has 1 aliphatic rings. The van der Waals surface area contributed by atoms with E-state index in [1.54, 1.807) is 37.4 Å². The zero-order valence-electron chi connectivity index (χ0n) is 11.7. The molecule has 0 spiro atoms. The molecule has 0 bridgehead atoms. The number of carbonyl (C=O) groups excluding carboxylic acids is 1. The fraction of sp³-hybridized carbons (Fsp3) is 0.125. The van der Waals surface area contributed by atoms with Crippen molar-refractivity contribution in [2.24, 2.45) is 4.99 Å². The number of halogens is 2. The Morgan fingerprint density at radius 3 is 2.82 bits per heavy atom. The smallest absolute Gasteiger partial charge is 0.248 e. The van der Waals surface area contributed by atoms with Gasteiger partial charge in [-0.2, -0.15) is 0 Å². The number of amides is 1. The van der Waals surface area contributed by atoms with Crippen LogP contribution in [-0.2, 0) is 4.79 Å². The fourth-order valence-electron chi connectivity index (χ4n) is 2.16. The molecule has 3 rings (SSSR count). The van der Waals surface area contributed by atoms with Crippen LogP contribution in [0.3, 0.4) is 0 Å². The number of likely N-dealkylation sites (N-methyl/N-ethyl adjacent to an activating group) is 1. The van der Waals surface area contributed by atoms with E-state index in [0.717, 1.165) is 0 Å². The maximum absolute atomic E-state index is 13.8. The first kappa shape index (κ1) is 14.5. The van der Waals surface area contributed by atoms with Crippen LogP contribution in [0.4, 0.5) is 10.1 Å². The van der Waals surface area contributed by atoms with Crippen LogP contribution >= 0.6 is 11.6 Å². The maximum atomic E-state index is 13.8. The van der Waals surface area contributed by atoms with Crippen molar-refractivity contribution in [3.8, 4) is 5.75 Å². The maximum Gasteiger partial charge on any atom is 0.248 e. The molecule has 0 fully saturated rings. The highest BCUT2D eigenvalue weighted by Gasteiger charge is 2.23. The van der Waals surface area contributed by atoms with Gasteiger partial charge < -0.3 is 9.64 Å². The third-order valence-electron chi connectivity index (χ3n) is 3.33. The van der Waals surface area contributed by atoms with Gasteiger partial charge in [0.15, 0.2) is 11.6 Å². The first-order valence-corrected chi connectivity index (χ1v) is 6.97. The van der Waals surface area contributed by atoms with Gasteiger partial charge in [0.05, 0.1) is 11.3 Å². The normalized spacial score (nSPS) is 14.2. The Morgan fingerprint density at radius 2 is 2.05 bits per heavy atom. The van der Waals surface area contributed by atoms with E-state index in [2.05, 4.69) is 4.99 Å². The molecule has 1 heterocycles. The Morgan fingerprint density at radius 1 is 1.27 bits per heavy atom. The van der Waals surface area contributed by atoms with Crippen molar-refractivity contribution in [3.63, 3.8) is 0 Å². The molecule has 0 atom stereocenters. The number of benzodiazepines with no additional fused rings is 1. The van der Waals surface area contributed by atoms with E-state index in [0.29, 0.717) is 16.3 Å². The minimum Gasteiger partial charge on any atom is -0.436 e. The van der Waals surface area contributed by atoms with Crippen LogP contribution in [0, 0.1) is 5.82 Å². The molecule has 1 aliphatic heterocycles. The monoisotopic (exact) mass is 318 g/mol. The summed E-state index contributed by atoms with van der Waals surface area (Å²) in [5.41, 5.74) is 1.16. The largest absolute Gasteiger partial charge is 0.436 e. The van der Waals surface area contributed by atoms with E-state index in [-0.39, 0.29) is 24.1 Å². The summed E-state index contributed by atoms with van der Waals surface area (Å²) in [6.45, 7) is -0.0768. The Labute approximate surface area is 131 Å². The fourth-order valence-corrected chi connectivity index (χ4v) is 2.33. The summed E-state index contributed by atoms with van der Waals surface area (Å²) in [7, 11) is 1.65. The zero-order valence-corrected chi connectivity index (χ0v) is 12.5. The highest BCUT2D eigenvalue weighted by molar-refractivity contribution is 6.31. The number of rotatable bonds is 1. The van der Waals surface area contributed by atoms with Crippen molar-refractivity contribution in [3.05, 3.63) is 58.9 Å². The van der Waals surface area contributed by atoms with Gasteiger partial charge in [-0.3, -0.25) is 4.79 Å². The number of carbonyl (C=O) groups is 1. The lowest BCUT2D eigenvalue weighted by molar-refractivity contribution is -0.116. The van der Waals surface area contributed by atoms with Gasteiger partial charge in [-0.05, 0) is 30.3 Å². The second-order valence-electron chi connectivity index (χ2n) is 4.77. The molecule has 0 unspecified atom stereocenters. The van der Waals surface area contributed by atoms with E-state index < -0.39 is 5.82 Å². The lowest BCUT2D eigenvalue weighted by Crippen LogP contribution is -2.27. The molecule has 0 radical (unpaired) electrons. The van der Waals surface area contributed by atoms with Crippen LogP contribution in [0.1, 0.15) is 5.56 Å². The van der Waals surface area contributed by atoms with Crippen LogP contribution in [0.2, 0.25) is 5.02 Å². The molecule has 112 valence electrons. The molecule has 6 heteroatoms. The Hall–Kier alpha value is -2.40. The van der Waals surface area contributed by atoms with Gasteiger partial charge in [0.25, 0.3) is 0 Å². The van der Waals surface area contributed by atoms with E-state index >= 15 is 0 Å². The third-order valence-corrected chi connectivity index (χ3v) is 3.56. The highest BCUT2D eigenvalue weighted by Crippen LogP contribution is 2.28. The number of ether oxygens (including phenoxy) is 1. The molecule has 0 aromatic heterocycles. The topological polar surface area (TPSA) is 41.9 Å². The van der Waals surface area contributed by atoms with Crippen molar-refractivity contribution in [2.45, 2.75) is 0 Å². The van der Waals surface area contributed by atoms with E-state index in [1.165, 1.54) is 17.0 Å². The Balaban J connectivity index is 2.08. The number of hydrogen-bond donors (Lipinski definition) is 0. The predicted molar refractivity (Wildman–Crippen MR) is 83.3 cm³/mol. The second-order valence-corrected chi connectivity index (χ2v) is 5.20. The molecule has 22 heavy (non-hydrogen) atoms. The number of nitrogens with zero attached hydrogens (tertiary/aromatic N) is 2. The number of hydrogen-bond acceptors (Lipinski definition) is 3. The standard InChI is InChI=1S/C16H12ClFN2O2/c1-20-13-7-6-10(17)8-11(13)16(19-9-15(20)21)22-14-5-3-2-4-12(14)18/h2-8H,9H2,1H3. The molecular formula is C16H12ClFN2O2. The molecule has 0 saturated heterocycles. The summed E-state index contributed by atoms with van der Waals surface area (Å²) in [4.78, 5) is 17.6. The molecule has 2 aromatic carbocycles. The molecule has 0 aliphatic carbocycles. The lowest BCUT2D eigenvalue weighted by atomic mass is 10.1. The number of fused-ring (bicyclic) bond motifs is 1. The van der Waals surface area contributed by atoms with Crippen molar-refractivity contribution in [2.75, 3.05) is 18.5 Å². The van der Waals surface area contributed by atoms with Crippen LogP contribution < -0.4 is 9.64 Å². The van der Waals surface area contributed by atoms with Crippen molar-refractivity contribution < 1.29 is 13.9 Å². The van der Waals surface area contributed by atoms with Crippen molar-refractivity contribution >= 4 is 29.1 Å². The lowest BCUT2D eigenvalue weighted by Gasteiger charge is -2.18. The first-order valence-electron chi connectivity index (χ1n) is 6.59. The van der Waals surface area contributed by atoms with Gasteiger partial charge in [0, 0.05) is 12.1 Å². The van der Waals surface area contributed by atoms with Gasteiger partial charge in [0.2, 0.25) is 11.8 Å². The van der Waals surface area contributed by atoms with Gasteiger partial charge >= 0.3 is 0 Å². The molecule has 4 nitrogen and oxygen atoms in total. The molecule has 1 amide bonds. The molecule has 0 N–H and O–H groups in total. The predicted octanol–water partition coefficient (Wildman–Crippen LogP) is 3.28. The molecule has 2 aromatic rings. The summed E-state index contributed by atoms with van der Waals surface area (Å²) in [5, 5.41) is 0.478. The molecule has 0 saturated carbocycles. The van der Waals surface area contributed by atoms with Gasteiger partial charge in [-0.15, -0.1) is 0 Å². The van der Waals surface area contributed by atoms with Gasteiger partial charge in [0.1, 0.15) is 6.54 Å². The highest BCUT2D eigenvalue weighted by atomic mass is 35.5. The Kier molecular flexibility index (Phi) is 3.81. The number of para-hydroxylation sites is 1.